The van der Waals surface area contributed by atoms with Gasteiger partial charge in [0.2, 0.25) is 5.91 Å². The van der Waals surface area contributed by atoms with E-state index in [4.69, 9.17) is 0 Å². The summed E-state index contributed by atoms with van der Waals surface area (Å²) >= 11 is 0. The van der Waals surface area contributed by atoms with E-state index in [9.17, 15) is 4.79 Å². The van der Waals surface area contributed by atoms with Crippen molar-refractivity contribution in [1.29, 1.82) is 0 Å². The van der Waals surface area contributed by atoms with Gasteiger partial charge in [0.05, 0.1) is 6.54 Å². The number of hydrogen-bond donors (Lipinski definition) is 1. The number of nitrogens with one attached hydrogen (secondary N) is 1. The molecule has 1 N–H and O–H groups in total. The molecule has 0 aromatic heterocycles. The third-order valence-corrected chi connectivity index (χ3v) is 2.54. The van der Waals surface area contributed by atoms with Crippen LogP contribution < -0.4 is 5.32 Å². The Labute approximate surface area is 79.9 Å². The molecule has 1 saturated heterocycles. The number of amides is 1. The Hall–Kier alpha value is -0.610. The summed E-state index contributed by atoms with van der Waals surface area (Å²) < 4.78 is 0. The van der Waals surface area contributed by atoms with Gasteiger partial charge in [0.15, 0.2) is 0 Å². The van der Waals surface area contributed by atoms with Gasteiger partial charge < -0.3 is 10.2 Å². The van der Waals surface area contributed by atoms with Crippen molar-refractivity contribution in [3.05, 3.63) is 0 Å². The van der Waals surface area contributed by atoms with E-state index in [1.165, 1.54) is 0 Å². The molecule has 1 atom stereocenters. The van der Waals surface area contributed by atoms with Gasteiger partial charge in [-0.05, 0) is 20.0 Å². The van der Waals surface area contributed by atoms with Crippen molar-refractivity contribution < 1.29 is 4.79 Å². The normalized spacial score (nSPS) is 22.3. The van der Waals surface area contributed by atoms with Crippen LogP contribution in [-0.2, 0) is 4.79 Å². The Morgan fingerprint density at radius 1 is 1.46 bits per heavy atom. The lowest BCUT2D eigenvalue weighted by atomic mass is 10.2. The van der Waals surface area contributed by atoms with Crippen molar-refractivity contribution in [1.82, 2.24) is 15.1 Å². The molecule has 1 aliphatic rings. The first kappa shape index (κ1) is 10.5. The topological polar surface area (TPSA) is 35.6 Å². The largest absolute Gasteiger partial charge is 0.348 e. The fourth-order valence-corrected chi connectivity index (χ4v) is 1.50. The maximum absolute atomic E-state index is 11.4. The van der Waals surface area contributed by atoms with Crippen molar-refractivity contribution in [2.24, 2.45) is 0 Å². The molecule has 13 heavy (non-hydrogen) atoms. The van der Waals surface area contributed by atoms with E-state index in [2.05, 4.69) is 10.2 Å². The van der Waals surface area contributed by atoms with Crippen LogP contribution in [0.1, 0.15) is 6.42 Å². The Morgan fingerprint density at radius 3 is 2.62 bits per heavy atom. The lowest BCUT2D eigenvalue weighted by Crippen LogP contribution is -2.41. The SMILES string of the molecule is CN(C)C(=O)CN(C)C1CCNC1. The average Bonchev–Trinajstić information content (AvgIpc) is 2.55. The number of rotatable bonds is 3. The smallest absolute Gasteiger partial charge is 0.236 e. The first-order valence-electron chi connectivity index (χ1n) is 4.72. The summed E-state index contributed by atoms with van der Waals surface area (Å²) in [6.07, 6.45) is 1.15. The number of hydrogen-bond acceptors (Lipinski definition) is 3. The average molecular weight is 185 g/mol. The lowest BCUT2D eigenvalue weighted by Gasteiger charge is -2.24. The highest BCUT2D eigenvalue weighted by atomic mass is 16.2. The highest BCUT2D eigenvalue weighted by Crippen LogP contribution is 2.05. The lowest BCUT2D eigenvalue weighted by molar-refractivity contribution is -0.130. The second-order valence-corrected chi connectivity index (χ2v) is 3.85. The Balaban J connectivity index is 2.31. The molecular formula is C9H19N3O. The van der Waals surface area contributed by atoms with Gasteiger partial charge in [-0.25, -0.2) is 0 Å². The second kappa shape index (κ2) is 4.58. The van der Waals surface area contributed by atoms with Gasteiger partial charge in [-0.15, -0.1) is 0 Å². The summed E-state index contributed by atoms with van der Waals surface area (Å²) in [6, 6.07) is 0.531. The summed E-state index contributed by atoms with van der Waals surface area (Å²) in [7, 11) is 5.60. The van der Waals surface area contributed by atoms with Gasteiger partial charge in [0.1, 0.15) is 0 Å². The maximum atomic E-state index is 11.4. The number of carbonyl (C=O) groups is 1. The van der Waals surface area contributed by atoms with Gasteiger partial charge in [-0.2, -0.15) is 0 Å². The molecule has 1 aliphatic heterocycles. The highest BCUT2D eigenvalue weighted by molar-refractivity contribution is 5.77. The van der Waals surface area contributed by atoms with Gasteiger partial charge >= 0.3 is 0 Å². The zero-order valence-corrected chi connectivity index (χ0v) is 8.71. The molecule has 1 unspecified atom stereocenters. The van der Waals surface area contributed by atoms with Crippen LogP contribution in [0.3, 0.4) is 0 Å². The zero-order valence-electron chi connectivity index (χ0n) is 8.71. The molecule has 0 bridgehead atoms. The monoisotopic (exact) mass is 185 g/mol. The van der Waals surface area contributed by atoms with Crippen LogP contribution in [-0.4, -0.2) is 62.5 Å². The molecule has 1 heterocycles. The van der Waals surface area contributed by atoms with Crippen LogP contribution in [0.4, 0.5) is 0 Å². The highest BCUT2D eigenvalue weighted by Gasteiger charge is 2.21. The molecule has 0 radical (unpaired) electrons. The fourth-order valence-electron chi connectivity index (χ4n) is 1.50. The molecule has 0 spiro atoms. The fraction of sp³-hybridized carbons (Fsp3) is 0.889. The van der Waals surface area contributed by atoms with Crippen LogP contribution >= 0.6 is 0 Å². The van der Waals surface area contributed by atoms with E-state index >= 15 is 0 Å². The summed E-state index contributed by atoms with van der Waals surface area (Å²) in [5.74, 6) is 0.175. The zero-order chi connectivity index (χ0) is 9.84. The minimum Gasteiger partial charge on any atom is -0.348 e. The third kappa shape index (κ3) is 2.97. The van der Waals surface area contributed by atoms with Crippen molar-refractivity contribution in [3.8, 4) is 0 Å². The van der Waals surface area contributed by atoms with Crippen molar-refractivity contribution in [2.45, 2.75) is 12.5 Å². The van der Waals surface area contributed by atoms with Crippen molar-refractivity contribution in [3.63, 3.8) is 0 Å². The Bertz CT molecular complexity index is 176. The van der Waals surface area contributed by atoms with Gasteiger partial charge in [0.25, 0.3) is 0 Å². The molecule has 0 aromatic carbocycles. The molecule has 1 rings (SSSR count). The number of carbonyl (C=O) groups excluding carboxylic acids is 1. The Kier molecular flexibility index (Phi) is 3.69. The van der Waals surface area contributed by atoms with Crippen molar-refractivity contribution >= 4 is 5.91 Å². The molecule has 0 aromatic rings. The maximum Gasteiger partial charge on any atom is 0.236 e. The summed E-state index contributed by atoms with van der Waals surface area (Å²) in [6.45, 7) is 2.61. The molecule has 4 heteroatoms. The Morgan fingerprint density at radius 2 is 2.15 bits per heavy atom. The minimum absolute atomic E-state index is 0.175. The van der Waals surface area contributed by atoms with E-state index in [-0.39, 0.29) is 5.91 Å². The van der Waals surface area contributed by atoms with E-state index in [0.29, 0.717) is 12.6 Å². The third-order valence-electron chi connectivity index (χ3n) is 2.54. The molecule has 76 valence electrons. The molecule has 0 saturated carbocycles. The molecular weight excluding hydrogens is 166 g/mol. The second-order valence-electron chi connectivity index (χ2n) is 3.85. The van der Waals surface area contributed by atoms with Crippen LogP contribution in [0, 0.1) is 0 Å². The van der Waals surface area contributed by atoms with Gasteiger partial charge in [-0.3, -0.25) is 9.69 Å². The van der Waals surface area contributed by atoms with E-state index in [0.717, 1.165) is 19.5 Å². The summed E-state index contributed by atoms with van der Waals surface area (Å²) in [5.41, 5.74) is 0. The quantitative estimate of drug-likeness (QED) is 0.636. The predicted molar refractivity (Wildman–Crippen MR) is 52.6 cm³/mol. The number of likely N-dealkylation sites (N-methyl/N-ethyl adjacent to an activating group) is 2. The minimum atomic E-state index is 0.175. The molecule has 0 aliphatic carbocycles. The standard InChI is InChI=1S/C9H19N3O/c1-11(2)9(13)7-12(3)8-4-5-10-6-8/h8,10H,4-7H2,1-3H3. The van der Waals surface area contributed by atoms with Gasteiger partial charge in [-0.1, -0.05) is 0 Å². The first-order valence-corrected chi connectivity index (χ1v) is 4.72. The molecule has 4 nitrogen and oxygen atoms in total. The van der Waals surface area contributed by atoms with Crippen LogP contribution in [0.5, 0.6) is 0 Å². The molecule has 1 fully saturated rings. The van der Waals surface area contributed by atoms with E-state index in [1.807, 2.05) is 7.05 Å². The first-order chi connectivity index (χ1) is 6.11. The molecule has 1 amide bonds. The predicted octanol–water partition coefficient (Wildman–Crippen LogP) is -0.632. The summed E-state index contributed by atoms with van der Waals surface area (Å²) in [5, 5.41) is 3.29. The van der Waals surface area contributed by atoms with Crippen molar-refractivity contribution in [2.75, 3.05) is 40.8 Å². The van der Waals surface area contributed by atoms with Crippen LogP contribution in [0.25, 0.3) is 0 Å². The summed E-state index contributed by atoms with van der Waals surface area (Å²) in [4.78, 5) is 15.1. The van der Waals surface area contributed by atoms with Crippen LogP contribution in [0.2, 0.25) is 0 Å². The van der Waals surface area contributed by atoms with E-state index in [1.54, 1.807) is 19.0 Å². The van der Waals surface area contributed by atoms with E-state index < -0.39 is 0 Å². The van der Waals surface area contributed by atoms with Crippen LogP contribution in [0.15, 0.2) is 0 Å². The van der Waals surface area contributed by atoms with Gasteiger partial charge in [0, 0.05) is 26.7 Å². The number of nitrogens with zero attached hydrogens (tertiary/aromatic N) is 2.